The zero-order chi connectivity index (χ0) is 24.7. The first-order chi connectivity index (χ1) is 14.6. The van der Waals surface area contributed by atoms with Gasteiger partial charge < -0.3 is 24.9 Å². The number of ether oxygens (including phenoxy) is 2. The number of imide groups is 1. The van der Waals surface area contributed by atoms with E-state index in [9.17, 15) is 28.8 Å². The lowest BCUT2D eigenvalue weighted by atomic mass is 10.1. The number of carbonyl (C=O) groups is 6. The summed E-state index contributed by atoms with van der Waals surface area (Å²) in [7, 11) is 0. The molecule has 1 fully saturated rings. The fourth-order valence-electron chi connectivity index (χ4n) is 2.43. The van der Waals surface area contributed by atoms with E-state index in [1.54, 1.807) is 41.5 Å². The molecule has 2 N–H and O–H groups in total. The summed E-state index contributed by atoms with van der Waals surface area (Å²) in [5.74, 6) is -3.69. The number of nitrogens with one attached hydrogen (secondary N) is 2. The second kappa shape index (κ2) is 10.9. The van der Waals surface area contributed by atoms with Crippen LogP contribution in [-0.4, -0.2) is 64.6 Å². The zero-order valence-electron chi connectivity index (χ0n) is 19.2. The molecule has 0 aromatic rings. The van der Waals surface area contributed by atoms with Crippen molar-refractivity contribution in [2.45, 2.75) is 84.5 Å². The third kappa shape index (κ3) is 10.2. The Labute approximate surface area is 186 Å². The van der Waals surface area contributed by atoms with Gasteiger partial charge >= 0.3 is 23.9 Å². The van der Waals surface area contributed by atoms with Gasteiger partial charge in [0.25, 0.3) is 11.8 Å². The maximum absolute atomic E-state index is 12.5. The Hall–Kier alpha value is -3.18. The van der Waals surface area contributed by atoms with Crippen molar-refractivity contribution in [3.05, 3.63) is 0 Å². The molecule has 1 aliphatic heterocycles. The Balaban J connectivity index is 2.68. The van der Waals surface area contributed by atoms with Crippen molar-refractivity contribution in [1.29, 1.82) is 0 Å². The fourth-order valence-corrected chi connectivity index (χ4v) is 2.43. The van der Waals surface area contributed by atoms with Crippen molar-refractivity contribution in [2.75, 3.05) is 6.54 Å². The van der Waals surface area contributed by atoms with Crippen LogP contribution in [0, 0.1) is 0 Å². The van der Waals surface area contributed by atoms with Crippen LogP contribution in [0.25, 0.3) is 0 Å². The van der Waals surface area contributed by atoms with E-state index in [0.29, 0.717) is 5.06 Å². The van der Waals surface area contributed by atoms with Crippen molar-refractivity contribution >= 4 is 35.8 Å². The number of urea groups is 1. The van der Waals surface area contributed by atoms with Crippen LogP contribution in [0.2, 0.25) is 0 Å². The highest BCUT2D eigenvalue weighted by Crippen LogP contribution is 2.15. The fraction of sp³-hybridized carbons (Fsp3) is 0.700. The molecule has 0 bridgehead atoms. The SMILES string of the molecule is CC(C)(C)OC(=O)CNC(=O)NC(CCC(=O)ON1C(=O)CCC1=O)C(=O)OC(C)(C)C. The van der Waals surface area contributed by atoms with Crippen molar-refractivity contribution in [3.8, 4) is 0 Å². The summed E-state index contributed by atoms with van der Waals surface area (Å²) in [4.78, 5) is 76.2. The van der Waals surface area contributed by atoms with E-state index in [4.69, 9.17) is 14.3 Å². The summed E-state index contributed by atoms with van der Waals surface area (Å²) < 4.78 is 10.3. The number of esters is 2. The molecule has 1 aliphatic rings. The smallest absolute Gasteiger partial charge is 0.333 e. The van der Waals surface area contributed by atoms with Gasteiger partial charge in [-0.3, -0.25) is 14.4 Å². The van der Waals surface area contributed by atoms with Crippen LogP contribution in [0.4, 0.5) is 4.79 Å². The molecule has 1 atom stereocenters. The van der Waals surface area contributed by atoms with E-state index in [-0.39, 0.29) is 19.3 Å². The van der Waals surface area contributed by atoms with Gasteiger partial charge in [-0.05, 0) is 48.0 Å². The first-order valence-corrected chi connectivity index (χ1v) is 10.1. The molecule has 12 heteroatoms. The van der Waals surface area contributed by atoms with E-state index in [2.05, 4.69) is 10.6 Å². The second-order valence-corrected chi connectivity index (χ2v) is 9.08. The van der Waals surface area contributed by atoms with Crippen molar-refractivity contribution in [3.63, 3.8) is 0 Å². The third-order valence-corrected chi connectivity index (χ3v) is 3.65. The average Bonchev–Trinajstić information content (AvgIpc) is 2.92. The molecule has 0 radical (unpaired) electrons. The second-order valence-electron chi connectivity index (χ2n) is 9.08. The highest BCUT2D eigenvalue weighted by atomic mass is 16.7. The molecule has 32 heavy (non-hydrogen) atoms. The van der Waals surface area contributed by atoms with Gasteiger partial charge in [-0.15, -0.1) is 5.06 Å². The molecule has 1 unspecified atom stereocenters. The van der Waals surface area contributed by atoms with Crippen LogP contribution < -0.4 is 10.6 Å². The third-order valence-electron chi connectivity index (χ3n) is 3.65. The van der Waals surface area contributed by atoms with Gasteiger partial charge in [0.2, 0.25) is 0 Å². The number of hydrogen-bond acceptors (Lipinski definition) is 9. The lowest BCUT2D eigenvalue weighted by Gasteiger charge is -2.25. The Morgan fingerprint density at radius 3 is 1.94 bits per heavy atom. The van der Waals surface area contributed by atoms with E-state index in [0.717, 1.165) is 0 Å². The van der Waals surface area contributed by atoms with E-state index < -0.39 is 66.0 Å². The summed E-state index contributed by atoms with van der Waals surface area (Å²) in [6.07, 6.45) is -0.727. The Bertz CT molecular complexity index is 749. The number of hydrogen-bond donors (Lipinski definition) is 2. The van der Waals surface area contributed by atoms with Crippen LogP contribution in [0.15, 0.2) is 0 Å². The molecule has 0 aliphatic carbocycles. The van der Waals surface area contributed by atoms with E-state index in [1.807, 2.05) is 0 Å². The molecule has 1 heterocycles. The predicted octanol–water partition coefficient (Wildman–Crippen LogP) is 0.725. The van der Waals surface area contributed by atoms with Crippen molar-refractivity contribution in [2.24, 2.45) is 0 Å². The molecule has 0 aromatic heterocycles. The molecule has 0 spiro atoms. The van der Waals surface area contributed by atoms with Crippen LogP contribution in [0.3, 0.4) is 0 Å². The molecule has 1 rings (SSSR count). The maximum atomic E-state index is 12.5. The summed E-state index contributed by atoms with van der Waals surface area (Å²) in [5.41, 5.74) is -1.59. The van der Waals surface area contributed by atoms with Gasteiger partial charge in [-0.1, -0.05) is 0 Å². The summed E-state index contributed by atoms with van der Waals surface area (Å²) in [5, 5.41) is 5.00. The Morgan fingerprint density at radius 2 is 1.44 bits per heavy atom. The van der Waals surface area contributed by atoms with Crippen LogP contribution in [-0.2, 0) is 38.3 Å². The van der Waals surface area contributed by atoms with Gasteiger partial charge in [0.15, 0.2) is 0 Å². The minimum absolute atomic E-state index is 0.0496. The van der Waals surface area contributed by atoms with Gasteiger partial charge in [0.1, 0.15) is 23.8 Å². The van der Waals surface area contributed by atoms with Gasteiger partial charge in [-0.2, -0.15) is 0 Å². The standard InChI is InChI=1S/C20H31N3O9/c1-19(2,3)30-16(27)11-21-18(29)22-12(17(28)31-20(4,5)6)7-10-15(26)32-23-13(24)8-9-14(23)25/h12H,7-11H2,1-6H3,(H2,21,22,29). The van der Waals surface area contributed by atoms with Crippen molar-refractivity contribution in [1.82, 2.24) is 15.7 Å². The maximum Gasteiger partial charge on any atom is 0.333 e. The summed E-state index contributed by atoms with van der Waals surface area (Å²) >= 11 is 0. The minimum Gasteiger partial charge on any atom is -0.459 e. The zero-order valence-corrected chi connectivity index (χ0v) is 19.2. The van der Waals surface area contributed by atoms with E-state index >= 15 is 0 Å². The number of rotatable bonds is 8. The van der Waals surface area contributed by atoms with Gasteiger partial charge in [-0.25, -0.2) is 14.4 Å². The predicted molar refractivity (Wildman–Crippen MR) is 108 cm³/mol. The number of hydroxylamine groups is 2. The molecule has 0 saturated carbocycles. The highest BCUT2D eigenvalue weighted by Gasteiger charge is 2.34. The normalized spacial score (nSPS) is 15.1. The molecular formula is C20H31N3O9. The lowest BCUT2D eigenvalue weighted by molar-refractivity contribution is -0.197. The first-order valence-electron chi connectivity index (χ1n) is 10.1. The number of nitrogens with zero attached hydrogens (tertiary/aromatic N) is 1. The summed E-state index contributed by atoms with van der Waals surface area (Å²) in [6.45, 7) is 9.46. The quantitative estimate of drug-likeness (QED) is 0.396. The number of carbonyl (C=O) groups excluding carboxylic acids is 6. The molecule has 12 nitrogen and oxygen atoms in total. The monoisotopic (exact) mass is 457 g/mol. The molecule has 0 aromatic carbocycles. The van der Waals surface area contributed by atoms with E-state index in [1.165, 1.54) is 0 Å². The van der Waals surface area contributed by atoms with Crippen LogP contribution >= 0.6 is 0 Å². The van der Waals surface area contributed by atoms with Gasteiger partial charge in [0.05, 0.1) is 6.42 Å². The summed E-state index contributed by atoms with van der Waals surface area (Å²) in [6, 6.07) is -2.12. The molecule has 1 saturated heterocycles. The van der Waals surface area contributed by atoms with Crippen LogP contribution in [0.5, 0.6) is 0 Å². The van der Waals surface area contributed by atoms with Crippen molar-refractivity contribution < 1.29 is 43.1 Å². The Morgan fingerprint density at radius 1 is 0.906 bits per heavy atom. The topological polar surface area (TPSA) is 157 Å². The molecule has 180 valence electrons. The highest BCUT2D eigenvalue weighted by molar-refractivity contribution is 6.01. The minimum atomic E-state index is -1.26. The van der Waals surface area contributed by atoms with Gasteiger partial charge in [0, 0.05) is 12.8 Å². The van der Waals surface area contributed by atoms with Crippen LogP contribution in [0.1, 0.15) is 67.2 Å². The number of amides is 4. The molecule has 4 amide bonds. The Kier molecular flexibility index (Phi) is 9.16. The average molecular weight is 457 g/mol. The lowest BCUT2D eigenvalue weighted by Crippen LogP contribution is -2.49. The largest absolute Gasteiger partial charge is 0.459 e. The molecular weight excluding hydrogens is 426 g/mol. The first kappa shape index (κ1) is 26.9.